The minimum Gasteiger partial charge on any atom is -0.488 e. The Labute approximate surface area is 171 Å². The quantitative estimate of drug-likeness (QED) is 0.677. The van der Waals surface area contributed by atoms with E-state index in [1.54, 1.807) is 18.3 Å². The molecule has 2 aromatic carbocycles. The fourth-order valence-corrected chi connectivity index (χ4v) is 3.76. The summed E-state index contributed by atoms with van der Waals surface area (Å²) >= 11 is 0. The van der Waals surface area contributed by atoms with Gasteiger partial charge in [-0.2, -0.15) is 0 Å². The smallest absolute Gasteiger partial charge is 0.227 e. The van der Waals surface area contributed by atoms with Crippen molar-refractivity contribution < 1.29 is 9.13 Å². The molecule has 0 saturated carbocycles. The van der Waals surface area contributed by atoms with Gasteiger partial charge in [-0.15, -0.1) is 0 Å². The van der Waals surface area contributed by atoms with Crippen LogP contribution < -0.4 is 15.5 Å². The molecule has 7 heteroatoms. The molecule has 150 valence electrons. The van der Waals surface area contributed by atoms with Gasteiger partial charge in [-0.1, -0.05) is 11.5 Å². The summed E-state index contributed by atoms with van der Waals surface area (Å²) in [5, 5.41) is 4.08. The van der Waals surface area contributed by atoms with Gasteiger partial charge < -0.3 is 15.0 Å². The summed E-state index contributed by atoms with van der Waals surface area (Å²) < 4.78 is 19.5. The van der Waals surface area contributed by atoms with Gasteiger partial charge in [0.05, 0.1) is 0 Å². The lowest BCUT2D eigenvalue weighted by molar-refractivity contribution is 0.0852. The zero-order valence-electron chi connectivity index (χ0n) is 17.2. The second-order valence-electron chi connectivity index (χ2n) is 7.97. The van der Waals surface area contributed by atoms with Gasteiger partial charge >= 0.3 is 0 Å². The van der Waals surface area contributed by atoms with Crippen LogP contribution in [0.2, 0.25) is 0 Å². The number of rotatable bonds is 5. The van der Waals surface area contributed by atoms with Gasteiger partial charge in [0.2, 0.25) is 5.95 Å². The zero-order chi connectivity index (χ0) is 20.4. The second-order valence-corrected chi connectivity index (χ2v) is 7.97. The largest absolute Gasteiger partial charge is 0.488 e. The Balaban J connectivity index is 1.57. The number of aromatic nitrogens is 2. The number of ether oxygens (including phenoxy) is 1. The molecule has 0 aliphatic carbocycles. The zero-order valence-corrected chi connectivity index (χ0v) is 17.2. The molecule has 0 spiro atoms. The molecule has 29 heavy (non-hydrogen) atoms. The van der Waals surface area contributed by atoms with Gasteiger partial charge in [-0.3, -0.25) is 0 Å². The monoisotopic (exact) mass is 392 g/mol. The van der Waals surface area contributed by atoms with E-state index in [4.69, 9.17) is 9.72 Å². The number of halogens is 1. The third-order valence-corrected chi connectivity index (χ3v) is 5.39. The Morgan fingerprint density at radius 3 is 2.59 bits per heavy atom. The van der Waals surface area contributed by atoms with Gasteiger partial charge in [-0.05, 0) is 57.0 Å². The van der Waals surface area contributed by atoms with Gasteiger partial charge in [0, 0.05) is 36.4 Å². The van der Waals surface area contributed by atoms with Crippen molar-refractivity contribution in [2.45, 2.75) is 38.8 Å². The van der Waals surface area contributed by atoms with Crippen LogP contribution in [0.5, 0.6) is 5.75 Å². The van der Waals surface area contributed by atoms with Crippen LogP contribution in [0.25, 0.3) is 10.9 Å². The maximum atomic E-state index is 13.1. The first-order valence-electron chi connectivity index (χ1n) is 10.2. The molecule has 0 amide bonds. The summed E-state index contributed by atoms with van der Waals surface area (Å²) in [6, 6.07) is 10.8. The number of benzene rings is 2. The van der Waals surface area contributed by atoms with E-state index in [-0.39, 0.29) is 11.9 Å². The molecule has 1 saturated heterocycles. The number of anilines is 2. The van der Waals surface area contributed by atoms with Gasteiger partial charge in [0.25, 0.3) is 0 Å². The maximum absolute atomic E-state index is 13.1. The van der Waals surface area contributed by atoms with Crippen LogP contribution in [0.4, 0.5) is 16.0 Å². The average molecular weight is 392 g/mol. The van der Waals surface area contributed by atoms with E-state index in [9.17, 15) is 4.39 Å². The minimum atomic E-state index is -0.273. The Kier molecular flexibility index (Phi) is 5.67. The van der Waals surface area contributed by atoms with Crippen molar-refractivity contribution in [2.75, 3.05) is 18.4 Å². The van der Waals surface area contributed by atoms with Crippen LogP contribution in [0.15, 0.2) is 42.6 Å². The summed E-state index contributed by atoms with van der Waals surface area (Å²) in [7, 11) is 2.05. The number of nitrogens with zero attached hydrogens (tertiary/aromatic N) is 3. The number of likely N-dealkylation sites (tertiary alicyclic amines) is 1. The van der Waals surface area contributed by atoms with Crippen LogP contribution in [0.3, 0.4) is 0 Å². The lowest BCUT2D eigenvalue weighted by Crippen LogP contribution is -2.41. The van der Waals surface area contributed by atoms with Crippen LogP contribution >= 0.6 is 0 Å². The highest BCUT2D eigenvalue weighted by molar-refractivity contribution is 6.33. The molecule has 1 N–H and O–H groups in total. The summed E-state index contributed by atoms with van der Waals surface area (Å²) in [4.78, 5) is 11.6. The molecular formula is C22H26BFN4O. The first-order valence-corrected chi connectivity index (χ1v) is 10.2. The van der Waals surface area contributed by atoms with Crippen molar-refractivity contribution in [3.63, 3.8) is 0 Å². The average Bonchev–Trinajstić information content (AvgIpc) is 2.70. The number of nitrogens with one attached hydrogen (secondary N) is 1. The highest BCUT2D eigenvalue weighted by Crippen LogP contribution is 2.27. The number of fused-ring (bicyclic) bond motifs is 1. The molecule has 0 atom stereocenters. The SMILES string of the molecule is Bc1cc(OC2CCN(C(C)C)CC2)c2nc(Nc3ccc(F)cc3)ncc2c1. The molecule has 2 heterocycles. The lowest BCUT2D eigenvalue weighted by atomic mass is 9.94. The van der Waals surface area contributed by atoms with E-state index >= 15 is 0 Å². The van der Waals surface area contributed by atoms with Gasteiger partial charge in [-0.25, -0.2) is 14.4 Å². The van der Waals surface area contributed by atoms with E-state index in [2.05, 4.69) is 43.0 Å². The second kappa shape index (κ2) is 8.37. The van der Waals surface area contributed by atoms with E-state index in [0.717, 1.165) is 53.7 Å². The number of hydrogen-bond donors (Lipinski definition) is 1. The van der Waals surface area contributed by atoms with Crippen LogP contribution in [-0.4, -0.2) is 47.9 Å². The Morgan fingerprint density at radius 2 is 1.90 bits per heavy atom. The third kappa shape index (κ3) is 4.67. The van der Waals surface area contributed by atoms with E-state index in [0.29, 0.717) is 12.0 Å². The molecule has 5 nitrogen and oxygen atoms in total. The molecule has 0 radical (unpaired) electrons. The van der Waals surface area contributed by atoms with Gasteiger partial charge in [0.15, 0.2) is 0 Å². The highest BCUT2D eigenvalue weighted by atomic mass is 19.1. The van der Waals surface area contributed by atoms with Crippen LogP contribution in [0.1, 0.15) is 26.7 Å². The molecule has 4 rings (SSSR count). The van der Waals surface area contributed by atoms with Crippen LogP contribution in [0, 0.1) is 5.82 Å². The minimum absolute atomic E-state index is 0.193. The predicted octanol–water partition coefficient (Wildman–Crippen LogP) is 3.02. The van der Waals surface area contributed by atoms with Crippen molar-refractivity contribution in [3.05, 3.63) is 48.4 Å². The molecule has 1 aliphatic heterocycles. The van der Waals surface area contributed by atoms with Crippen LogP contribution in [-0.2, 0) is 0 Å². The molecule has 0 unspecified atom stereocenters. The van der Waals surface area contributed by atoms with Gasteiger partial charge in [0.1, 0.15) is 31.0 Å². The number of hydrogen-bond acceptors (Lipinski definition) is 5. The first kappa shape index (κ1) is 19.6. The summed E-state index contributed by atoms with van der Waals surface area (Å²) in [5.74, 6) is 0.990. The Bertz CT molecular complexity index is 988. The molecule has 1 aliphatic rings. The highest BCUT2D eigenvalue weighted by Gasteiger charge is 2.23. The Morgan fingerprint density at radius 1 is 1.17 bits per heavy atom. The number of piperidine rings is 1. The lowest BCUT2D eigenvalue weighted by Gasteiger charge is -2.34. The predicted molar refractivity (Wildman–Crippen MR) is 118 cm³/mol. The normalized spacial score (nSPS) is 15.7. The van der Waals surface area contributed by atoms with E-state index in [1.165, 1.54) is 12.1 Å². The summed E-state index contributed by atoms with van der Waals surface area (Å²) in [6.07, 6.45) is 4.02. The fourth-order valence-electron chi connectivity index (χ4n) is 3.76. The standard InChI is InChI=1S/C22H26BFN4O/c1-14(2)28-9-7-19(8-10-28)29-20-12-16(23)11-15-13-25-22(27-21(15)20)26-18-5-3-17(24)4-6-18/h3-6,11-14,19H,7-10,23H2,1-2H3,(H,25,26,27). The van der Waals surface area contributed by atoms with Crippen molar-refractivity contribution in [2.24, 2.45) is 0 Å². The molecule has 1 fully saturated rings. The maximum Gasteiger partial charge on any atom is 0.227 e. The Hall–Kier alpha value is -2.67. The first-order chi connectivity index (χ1) is 14.0. The molecule has 1 aromatic heterocycles. The molecule has 3 aromatic rings. The molecular weight excluding hydrogens is 366 g/mol. The van der Waals surface area contributed by atoms with Crippen molar-refractivity contribution in [3.8, 4) is 5.75 Å². The van der Waals surface area contributed by atoms with Crippen molar-refractivity contribution >= 4 is 35.8 Å². The summed E-state index contributed by atoms with van der Waals surface area (Å²) in [6.45, 7) is 6.58. The summed E-state index contributed by atoms with van der Waals surface area (Å²) in [5.41, 5.74) is 2.65. The van der Waals surface area contributed by atoms with E-state index in [1.807, 2.05) is 6.07 Å². The molecule has 0 bridgehead atoms. The van der Waals surface area contributed by atoms with E-state index < -0.39 is 0 Å². The van der Waals surface area contributed by atoms with Crippen molar-refractivity contribution in [1.29, 1.82) is 0 Å². The topological polar surface area (TPSA) is 50.3 Å². The third-order valence-electron chi connectivity index (χ3n) is 5.39. The van der Waals surface area contributed by atoms with Crippen molar-refractivity contribution in [1.82, 2.24) is 14.9 Å². The fraction of sp³-hybridized carbons (Fsp3) is 0.364.